The summed E-state index contributed by atoms with van der Waals surface area (Å²) < 4.78 is 10.9. The number of halogens is 1. The molecule has 0 aliphatic carbocycles. The molecule has 3 rings (SSSR count). The molecule has 1 saturated heterocycles. The number of guanidine groups is 1. The van der Waals surface area contributed by atoms with Crippen LogP contribution in [0.15, 0.2) is 58.1 Å². The van der Waals surface area contributed by atoms with E-state index in [9.17, 15) is 0 Å². The number of nitrogens with zero attached hydrogens (tertiary/aromatic N) is 2. The zero-order valence-electron chi connectivity index (χ0n) is 16.0. The number of nitrogens with one attached hydrogen (secondary N) is 1. The van der Waals surface area contributed by atoms with Crippen LogP contribution in [0.5, 0.6) is 0 Å². The van der Waals surface area contributed by atoms with E-state index in [0.717, 1.165) is 57.3 Å². The Labute approximate surface area is 179 Å². The van der Waals surface area contributed by atoms with Gasteiger partial charge >= 0.3 is 0 Å². The fourth-order valence-corrected chi connectivity index (χ4v) is 3.20. The molecule has 1 aliphatic heterocycles. The first-order valence-corrected chi connectivity index (χ1v) is 9.45. The highest BCUT2D eigenvalue weighted by Crippen LogP contribution is 2.13. The molecule has 1 N–H and O–H groups in total. The number of aliphatic imine (C=N–C) groups is 1. The summed E-state index contributed by atoms with van der Waals surface area (Å²) in [5.41, 5.74) is 1.33. The third-order valence-electron chi connectivity index (χ3n) is 4.66. The first-order valence-electron chi connectivity index (χ1n) is 9.45. The molecule has 0 spiro atoms. The summed E-state index contributed by atoms with van der Waals surface area (Å²) in [6.45, 7) is 4.29. The van der Waals surface area contributed by atoms with Gasteiger partial charge in [-0.05, 0) is 30.5 Å². The average molecular weight is 483 g/mol. The van der Waals surface area contributed by atoms with Crippen molar-refractivity contribution in [2.45, 2.75) is 19.3 Å². The number of rotatable bonds is 8. The van der Waals surface area contributed by atoms with Crippen molar-refractivity contribution < 1.29 is 9.15 Å². The van der Waals surface area contributed by atoms with Crippen LogP contribution < -0.4 is 5.32 Å². The van der Waals surface area contributed by atoms with Crippen LogP contribution in [-0.4, -0.2) is 50.8 Å². The van der Waals surface area contributed by atoms with Gasteiger partial charge in [-0.3, -0.25) is 4.99 Å². The Kier molecular flexibility index (Phi) is 9.69. The van der Waals surface area contributed by atoms with Crippen molar-refractivity contribution in [3.63, 3.8) is 0 Å². The molecular formula is C21H30IN3O2. The van der Waals surface area contributed by atoms with E-state index in [1.165, 1.54) is 5.56 Å². The molecule has 148 valence electrons. The predicted molar refractivity (Wildman–Crippen MR) is 120 cm³/mol. The maximum atomic E-state index is 5.51. The average Bonchev–Trinajstić information content (AvgIpc) is 3.35. The van der Waals surface area contributed by atoms with E-state index >= 15 is 0 Å². The molecule has 0 radical (unpaired) electrons. The van der Waals surface area contributed by atoms with Gasteiger partial charge in [0.2, 0.25) is 0 Å². The van der Waals surface area contributed by atoms with Gasteiger partial charge in [-0.15, -0.1) is 24.0 Å². The molecular weight excluding hydrogens is 453 g/mol. The highest BCUT2D eigenvalue weighted by molar-refractivity contribution is 14.0. The number of hydrogen-bond donors (Lipinski definition) is 1. The van der Waals surface area contributed by atoms with E-state index in [1.54, 1.807) is 6.26 Å². The number of furan rings is 1. The molecule has 1 aliphatic rings. The Balaban J connectivity index is 0.00000261. The Bertz CT molecular complexity index is 655. The van der Waals surface area contributed by atoms with Crippen molar-refractivity contribution in [1.29, 1.82) is 0 Å². The third kappa shape index (κ3) is 7.54. The van der Waals surface area contributed by atoms with Crippen LogP contribution in [0.3, 0.4) is 0 Å². The van der Waals surface area contributed by atoms with E-state index in [0.29, 0.717) is 12.5 Å². The van der Waals surface area contributed by atoms with Crippen LogP contribution in [0.1, 0.15) is 17.7 Å². The Morgan fingerprint density at radius 1 is 1.19 bits per heavy atom. The summed E-state index contributed by atoms with van der Waals surface area (Å²) in [7, 11) is 2.11. The standard InChI is InChI=1S/C21H29N3O2.HI/c1-24(16-19-11-15-25-17-19)21(23-13-10-20-8-5-14-26-20)22-12-9-18-6-3-2-4-7-18;/h2-8,14,19H,9-13,15-17H2,1H3,(H,22,23);1H. The first-order chi connectivity index (χ1) is 12.8. The minimum absolute atomic E-state index is 0. The second kappa shape index (κ2) is 12.0. The second-order valence-corrected chi connectivity index (χ2v) is 6.81. The summed E-state index contributed by atoms with van der Waals surface area (Å²) in [5, 5.41) is 3.53. The molecule has 2 heterocycles. The molecule has 1 atom stereocenters. The first kappa shape index (κ1) is 21.8. The molecule has 1 aromatic heterocycles. The van der Waals surface area contributed by atoms with Crippen molar-refractivity contribution in [1.82, 2.24) is 10.2 Å². The van der Waals surface area contributed by atoms with Crippen molar-refractivity contribution in [2.75, 3.05) is 39.9 Å². The molecule has 1 aromatic carbocycles. The predicted octanol–water partition coefficient (Wildman–Crippen LogP) is 3.60. The lowest BCUT2D eigenvalue weighted by molar-refractivity contribution is 0.181. The maximum absolute atomic E-state index is 5.51. The molecule has 2 aromatic rings. The van der Waals surface area contributed by atoms with Crippen LogP contribution >= 0.6 is 24.0 Å². The molecule has 0 amide bonds. The zero-order valence-corrected chi connectivity index (χ0v) is 18.3. The molecule has 1 unspecified atom stereocenters. The lowest BCUT2D eigenvalue weighted by Crippen LogP contribution is -2.42. The van der Waals surface area contributed by atoms with E-state index in [-0.39, 0.29) is 24.0 Å². The van der Waals surface area contributed by atoms with E-state index in [2.05, 4.69) is 47.6 Å². The van der Waals surface area contributed by atoms with Crippen LogP contribution in [0.25, 0.3) is 0 Å². The molecule has 6 heteroatoms. The van der Waals surface area contributed by atoms with Gasteiger partial charge in [0.05, 0.1) is 12.9 Å². The quantitative estimate of drug-likeness (QED) is 0.354. The van der Waals surface area contributed by atoms with Gasteiger partial charge in [-0.25, -0.2) is 0 Å². The van der Waals surface area contributed by atoms with E-state index in [1.807, 2.05) is 12.1 Å². The van der Waals surface area contributed by atoms with Crippen LogP contribution in [0, 0.1) is 5.92 Å². The Morgan fingerprint density at radius 2 is 2.04 bits per heavy atom. The van der Waals surface area contributed by atoms with Gasteiger partial charge in [-0.2, -0.15) is 0 Å². The molecule has 0 bridgehead atoms. The van der Waals surface area contributed by atoms with Crippen molar-refractivity contribution in [3.05, 3.63) is 60.1 Å². The summed E-state index contributed by atoms with van der Waals surface area (Å²) >= 11 is 0. The van der Waals surface area contributed by atoms with Crippen LogP contribution in [-0.2, 0) is 17.6 Å². The summed E-state index contributed by atoms with van der Waals surface area (Å²) in [5.74, 6) is 2.52. The highest BCUT2D eigenvalue weighted by atomic mass is 127. The highest BCUT2D eigenvalue weighted by Gasteiger charge is 2.19. The second-order valence-electron chi connectivity index (χ2n) is 6.81. The SMILES string of the molecule is CN(CC1CCOC1)C(=NCCc1ccco1)NCCc1ccccc1.I. The van der Waals surface area contributed by atoms with Gasteiger partial charge in [0.15, 0.2) is 5.96 Å². The maximum Gasteiger partial charge on any atom is 0.193 e. The van der Waals surface area contributed by atoms with Gasteiger partial charge in [0, 0.05) is 45.6 Å². The van der Waals surface area contributed by atoms with E-state index in [4.69, 9.17) is 14.1 Å². The Hall–Kier alpha value is -1.54. The number of benzene rings is 1. The van der Waals surface area contributed by atoms with Gasteiger partial charge in [-0.1, -0.05) is 30.3 Å². The fraction of sp³-hybridized carbons (Fsp3) is 0.476. The van der Waals surface area contributed by atoms with Crippen molar-refractivity contribution >= 4 is 29.9 Å². The number of ether oxygens (including phenoxy) is 1. The molecule has 5 nitrogen and oxygen atoms in total. The molecule has 27 heavy (non-hydrogen) atoms. The van der Waals surface area contributed by atoms with Gasteiger partial charge in [0.1, 0.15) is 5.76 Å². The summed E-state index contributed by atoms with van der Waals surface area (Å²) in [4.78, 5) is 7.03. The largest absolute Gasteiger partial charge is 0.469 e. The smallest absolute Gasteiger partial charge is 0.193 e. The van der Waals surface area contributed by atoms with Crippen molar-refractivity contribution in [2.24, 2.45) is 10.9 Å². The monoisotopic (exact) mass is 483 g/mol. The van der Waals surface area contributed by atoms with Crippen LogP contribution in [0.4, 0.5) is 0 Å². The molecule has 0 saturated carbocycles. The normalized spacial score (nSPS) is 16.8. The summed E-state index contributed by atoms with van der Waals surface area (Å²) in [6.07, 6.45) is 4.65. The van der Waals surface area contributed by atoms with E-state index < -0.39 is 0 Å². The minimum Gasteiger partial charge on any atom is -0.469 e. The van der Waals surface area contributed by atoms with Crippen LogP contribution in [0.2, 0.25) is 0 Å². The summed E-state index contributed by atoms with van der Waals surface area (Å²) in [6, 6.07) is 14.5. The lowest BCUT2D eigenvalue weighted by Gasteiger charge is -2.25. The van der Waals surface area contributed by atoms with Gasteiger partial charge < -0.3 is 19.4 Å². The third-order valence-corrected chi connectivity index (χ3v) is 4.66. The fourth-order valence-electron chi connectivity index (χ4n) is 3.20. The topological polar surface area (TPSA) is 50.0 Å². The van der Waals surface area contributed by atoms with Gasteiger partial charge in [0.25, 0.3) is 0 Å². The molecule has 1 fully saturated rings. The minimum atomic E-state index is 0. The number of hydrogen-bond acceptors (Lipinski definition) is 3. The Morgan fingerprint density at radius 3 is 2.74 bits per heavy atom. The zero-order chi connectivity index (χ0) is 18.0. The van der Waals surface area contributed by atoms with Crippen molar-refractivity contribution in [3.8, 4) is 0 Å². The lowest BCUT2D eigenvalue weighted by atomic mass is 10.1.